The zero-order valence-corrected chi connectivity index (χ0v) is 16.6. The van der Waals surface area contributed by atoms with Gasteiger partial charge < -0.3 is 4.74 Å². The van der Waals surface area contributed by atoms with Crippen molar-refractivity contribution in [2.75, 3.05) is 0 Å². The van der Waals surface area contributed by atoms with Crippen molar-refractivity contribution >= 4 is 16.7 Å². The monoisotopic (exact) mass is 394 g/mol. The highest BCUT2D eigenvalue weighted by Gasteiger charge is 2.54. The topological polar surface area (TPSA) is 41.6 Å². The van der Waals surface area contributed by atoms with E-state index >= 15 is 0 Å². The quantitative estimate of drug-likeness (QED) is 0.784. The first-order valence-electron chi connectivity index (χ1n) is 9.16. The summed E-state index contributed by atoms with van der Waals surface area (Å²) in [7, 11) is 0. The molecular formula is C21H25F3N2O2. The number of hydrogen-bond donors (Lipinski definition) is 1. The summed E-state index contributed by atoms with van der Waals surface area (Å²) < 4.78 is 49.2. The van der Waals surface area contributed by atoms with Crippen molar-refractivity contribution in [2.45, 2.75) is 64.4 Å². The zero-order chi connectivity index (χ0) is 20.9. The van der Waals surface area contributed by atoms with Crippen molar-refractivity contribution in [3.05, 3.63) is 42.0 Å². The van der Waals surface area contributed by atoms with Gasteiger partial charge in [-0.05, 0) is 51.5 Å². The first-order chi connectivity index (χ1) is 12.8. The van der Waals surface area contributed by atoms with Crippen molar-refractivity contribution in [3.8, 4) is 5.75 Å². The normalized spacial score (nSPS) is 18.9. The van der Waals surface area contributed by atoms with E-state index in [9.17, 15) is 18.0 Å². The van der Waals surface area contributed by atoms with Crippen LogP contribution in [0.1, 0.15) is 52.6 Å². The van der Waals surface area contributed by atoms with Crippen LogP contribution in [0.4, 0.5) is 13.2 Å². The summed E-state index contributed by atoms with van der Waals surface area (Å²) in [5, 5.41) is 2.15. The van der Waals surface area contributed by atoms with Gasteiger partial charge >= 0.3 is 6.18 Å². The highest BCUT2D eigenvalue weighted by Crippen LogP contribution is 2.48. The van der Waals surface area contributed by atoms with E-state index in [1.165, 1.54) is 0 Å². The van der Waals surface area contributed by atoms with Crippen LogP contribution in [-0.2, 0) is 4.79 Å². The minimum absolute atomic E-state index is 0.0100. The van der Waals surface area contributed by atoms with E-state index in [1.54, 1.807) is 71.0 Å². The molecule has 2 aromatic carbocycles. The fraction of sp³-hybridized carbons (Fsp3) is 0.476. The molecule has 1 aliphatic heterocycles. The number of halogens is 3. The second kappa shape index (κ2) is 6.65. The predicted molar refractivity (Wildman–Crippen MR) is 102 cm³/mol. The van der Waals surface area contributed by atoms with E-state index in [2.05, 4.69) is 5.43 Å². The Bertz CT molecular complexity index is 901. The van der Waals surface area contributed by atoms with Gasteiger partial charge in [0.1, 0.15) is 11.4 Å². The summed E-state index contributed by atoms with van der Waals surface area (Å²) in [5.74, 6) is -0.275. The van der Waals surface area contributed by atoms with Crippen molar-refractivity contribution in [3.63, 3.8) is 0 Å². The van der Waals surface area contributed by atoms with Crippen LogP contribution in [-0.4, -0.2) is 28.2 Å². The maximum atomic E-state index is 14.4. The SMILES string of the molecule is CC(C)(C)Oc1ccc2ccccc2c1[C@H](N1NC(=O)CC1(C)C)C(F)(F)F. The molecular weight excluding hydrogens is 369 g/mol. The van der Waals surface area contributed by atoms with Gasteiger partial charge in [0, 0.05) is 17.5 Å². The van der Waals surface area contributed by atoms with Crippen LogP contribution in [0.25, 0.3) is 10.8 Å². The van der Waals surface area contributed by atoms with Gasteiger partial charge in [-0.25, -0.2) is 0 Å². The van der Waals surface area contributed by atoms with Crippen LogP contribution in [0.3, 0.4) is 0 Å². The van der Waals surface area contributed by atoms with Gasteiger partial charge in [-0.2, -0.15) is 18.2 Å². The molecule has 1 heterocycles. The molecule has 1 atom stereocenters. The number of carbonyl (C=O) groups excluding carboxylic acids is 1. The summed E-state index contributed by atoms with van der Waals surface area (Å²) in [6.45, 7) is 8.61. The number of fused-ring (bicyclic) bond motifs is 1. The summed E-state index contributed by atoms with van der Waals surface area (Å²) in [6, 6.07) is 8.18. The summed E-state index contributed by atoms with van der Waals surface area (Å²) in [5.41, 5.74) is 0.743. The zero-order valence-electron chi connectivity index (χ0n) is 16.6. The third-order valence-corrected chi connectivity index (χ3v) is 4.68. The van der Waals surface area contributed by atoms with Gasteiger partial charge in [0.15, 0.2) is 6.04 Å². The van der Waals surface area contributed by atoms with Crippen LogP contribution < -0.4 is 10.2 Å². The smallest absolute Gasteiger partial charge is 0.410 e. The molecule has 3 rings (SSSR count). The number of hydrogen-bond acceptors (Lipinski definition) is 3. The third kappa shape index (κ3) is 3.94. The largest absolute Gasteiger partial charge is 0.488 e. The Labute approximate surface area is 162 Å². The Morgan fingerprint density at radius 3 is 2.29 bits per heavy atom. The Morgan fingerprint density at radius 1 is 1.11 bits per heavy atom. The molecule has 0 aliphatic carbocycles. The number of carbonyl (C=O) groups is 1. The highest BCUT2D eigenvalue weighted by molar-refractivity contribution is 5.88. The number of alkyl halides is 3. The van der Waals surface area contributed by atoms with Crippen LogP contribution in [0.2, 0.25) is 0 Å². The van der Waals surface area contributed by atoms with E-state index in [-0.39, 0.29) is 17.7 Å². The van der Waals surface area contributed by atoms with Gasteiger partial charge in [0.25, 0.3) is 0 Å². The molecule has 28 heavy (non-hydrogen) atoms. The second-order valence-electron chi connectivity index (χ2n) is 8.75. The number of ether oxygens (including phenoxy) is 1. The summed E-state index contributed by atoms with van der Waals surface area (Å²) >= 11 is 0. The first-order valence-corrected chi connectivity index (χ1v) is 9.16. The van der Waals surface area contributed by atoms with Crippen LogP contribution in [0, 0.1) is 0 Å². The number of rotatable bonds is 3. The standard InChI is InChI=1S/C21H25F3N2O2/c1-19(2,3)28-15-11-10-13-8-6-7-9-14(13)17(15)18(21(22,23)24)26-20(4,5)12-16(27)25-26/h6-11,18H,12H2,1-5H3,(H,25,27)/t18-/m0/s1. The van der Waals surface area contributed by atoms with Crippen LogP contribution in [0.5, 0.6) is 5.75 Å². The van der Waals surface area contributed by atoms with Gasteiger partial charge in [-0.1, -0.05) is 30.3 Å². The molecule has 1 aliphatic rings. The number of nitrogens with one attached hydrogen (secondary N) is 1. The third-order valence-electron chi connectivity index (χ3n) is 4.68. The molecule has 1 saturated heterocycles. The Morgan fingerprint density at radius 2 is 1.75 bits per heavy atom. The maximum absolute atomic E-state index is 14.4. The number of nitrogens with zero attached hydrogens (tertiary/aromatic N) is 1. The van der Waals surface area contributed by atoms with Gasteiger partial charge in [0.05, 0.1) is 0 Å². The minimum atomic E-state index is -4.63. The second-order valence-corrected chi connectivity index (χ2v) is 8.75. The molecule has 2 aromatic rings. The van der Waals surface area contributed by atoms with Crippen LogP contribution in [0.15, 0.2) is 36.4 Å². The van der Waals surface area contributed by atoms with Crippen molar-refractivity contribution in [1.29, 1.82) is 0 Å². The highest BCUT2D eigenvalue weighted by atomic mass is 19.4. The molecule has 0 radical (unpaired) electrons. The lowest BCUT2D eigenvalue weighted by atomic mass is 9.92. The lowest BCUT2D eigenvalue weighted by molar-refractivity contribution is -0.204. The van der Waals surface area contributed by atoms with Gasteiger partial charge in [-0.3, -0.25) is 10.2 Å². The van der Waals surface area contributed by atoms with Crippen molar-refractivity contribution in [1.82, 2.24) is 10.4 Å². The minimum Gasteiger partial charge on any atom is -0.488 e. The fourth-order valence-electron chi connectivity index (χ4n) is 3.63. The lowest BCUT2D eigenvalue weighted by Gasteiger charge is -2.39. The Kier molecular flexibility index (Phi) is 4.86. The van der Waals surface area contributed by atoms with E-state index in [4.69, 9.17) is 4.74 Å². The molecule has 0 unspecified atom stereocenters. The van der Waals surface area contributed by atoms with E-state index < -0.39 is 29.3 Å². The molecule has 4 nitrogen and oxygen atoms in total. The molecule has 7 heteroatoms. The molecule has 152 valence electrons. The number of benzene rings is 2. The average molecular weight is 394 g/mol. The summed E-state index contributed by atoms with van der Waals surface area (Å²) in [4.78, 5) is 12.0. The Hall–Kier alpha value is -2.28. The summed E-state index contributed by atoms with van der Waals surface area (Å²) in [6.07, 6.45) is -4.64. The molecule has 1 amide bonds. The molecule has 0 saturated carbocycles. The number of hydrazine groups is 1. The van der Waals surface area contributed by atoms with E-state index in [0.29, 0.717) is 10.8 Å². The van der Waals surface area contributed by atoms with Gasteiger partial charge in [0.2, 0.25) is 5.91 Å². The van der Waals surface area contributed by atoms with Crippen LogP contribution >= 0.6 is 0 Å². The molecule has 0 bridgehead atoms. The molecule has 0 aromatic heterocycles. The van der Waals surface area contributed by atoms with Gasteiger partial charge in [-0.15, -0.1) is 0 Å². The lowest BCUT2D eigenvalue weighted by Crippen LogP contribution is -2.51. The first kappa shape index (κ1) is 20.5. The van der Waals surface area contributed by atoms with E-state index in [1.807, 2.05) is 0 Å². The average Bonchev–Trinajstić information content (AvgIpc) is 2.79. The fourth-order valence-corrected chi connectivity index (χ4v) is 3.63. The predicted octanol–water partition coefficient (Wildman–Crippen LogP) is 5.14. The van der Waals surface area contributed by atoms with Crippen molar-refractivity contribution in [2.24, 2.45) is 0 Å². The maximum Gasteiger partial charge on any atom is 0.410 e. The van der Waals surface area contributed by atoms with E-state index in [0.717, 1.165) is 5.01 Å². The molecule has 1 N–H and O–H groups in total. The molecule has 0 spiro atoms. The van der Waals surface area contributed by atoms with Crippen molar-refractivity contribution < 1.29 is 22.7 Å². The number of amides is 1. The Balaban J connectivity index is 2.30. The molecule has 1 fully saturated rings.